The van der Waals surface area contributed by atoms with E-state index in [2.05, 4.69) is 20.9 Å². The molecule has 3 N–H and O–H groups in total. The molecule has 3 aromatic rings. The number of Topliss-reactive ketones (excluding diaryl/α,β-unsaturated/α-hetero) is 1. The zero-order valence-electron chi connectivity index (χ0n) is 25.2. The smallest absolute Gasteiger partial charge is 0.244 e. The van der Waals surface area contributed by atoms with Crippen LogP contribution in [-0.4, -0.2) is 47.0 Å². The zero-order chi connectivity index (χ0) is 30.7. The second-order valence-electron chi connectivity index (χ2n) is 13.5. The number of nitrogens with one attached hydrogen (secondary N) is 3. The summed E-state index contributed by atoms with van der Waals surface area (Å²) in [5.74, 6) is 0.468. The quantitative estimate of drug-likeness (QED) is 0.329. The summed E-state index contributed by atoms with van der Waals surface area (Å²) >= 11 is 0. The third kappa shape index (κ3) is 4.61. The maximum Gasteiger partial charge on any atom is 0.244 e. The highest BCUT2D eigenvalue weighted by Gasteiger charge is 2.71. The van der Waals surface area contributed by atoms with Crippen molar-refractivity contribution in [2.24, 2.45) is 10.8 Å². The van der Waals surface area contributed by atoms with Gasteiger partial charge < -0.3 is 25.6 Å². The SMILES string of the molecule is CNCc1ccccc1CN(CC(=O)Nc1ccc2c(c1)C[C@@]1(C2)C(=O)Nc2ncccc21)C(=O)C12CC(CC(C)=O)(C1)C2. The highest BCUT2D eigenvalue weighted by Crippen LogP contribution is 2.75. The average molecular weight is 592 g/mol. The van der Waals surface area contributed by atoms with E-state index in [9.17, 15) is 19.2 Å². The second-order valence-corrected chi connectivity index (χ2v) is 13.5. The van der Waals surface area contributed by atoms with Gasteiger partial charge in [-0.25, -0.2) is 4.98 Å². The highest BCUT2D eigenvalue weighted by atomic mass is 16.2. The first-order valence-electron chi connectivity index (χ1n) is 15.3. The highest BCUT2D eigenvalue weighted by molar-refractivity contribution is 6.06. The second kappa shape index (κ2) is 10.4. The third-order valence-electron chi connectivity index (χ3n) is 10.2. The molecule has 8 rings (SSSR count). The van der Waals surface area contributed by atoms with E-state index in [4.69, 9.17) is 0 Å². The fraction of sp³-hybridized carbons (Fsp3) is 0.400. The molecule has 4 aliphatic carbocycles. The van der Waals surface area contributed by atoms with Crippen molar-refractivity contribution in [1.82, 2.24) is 15.2 Å². The summed E-state index contributed by atoms with van der Waals surface area (Å²) in [6.07, 6.45) is 5.47. The molecular formula is C35H37N5O4. The molecule has 1 aliphatic heterocycles. The Hall–Kier alpha value is -4.37. The van der Waals surface area contributed by atoms with Gasteiger partial charge in [0.05, 0.1) is 10.8 Å². The van der Waals surface area contributed by atoms with E-state index < -0.39 is 10.8 Å². The van der Waals surface area contributed by atoms with Crippen LogP contribution in [-0.2, 0) is 50.5 Å². The molecule has 1 aromatic heterocycles. The molecule has 9 heteroatoms. The van der Waals surface area contributed by atoms with Gasteiger partial charge in [0.25, 0.3) is 0 Å². The molecule has 5 aliphatic rings. The fourth-order valence-electron chi connectivity index (χ4n) is 8.47. The summed E-state index contributed by atoms with van der Waals surface area (Å²) < 4.78 is 0. The number of nitrogens with zero attached hydrogens (tertiary/aromatic N) is 2. The Morgan fingerprint density at radius 1 is 0.977 bits per heavy atom. The Kier molecular flexibility index (Phi) is 6.69. The average Bonchev–Trinajstić information content (AvgIpc) is 3.47. The van der Waals surface area contributed by atoms with E-state index in [0.717, 1.165) is 27.8 Å². The largest absolute Gasteiger partial charge is 0.329 e. The van der Waals surface area contributed by atoms with Gasteiger partial charge in [0.15, 0.2) is 0 Å². The number of fused-ring (bicyclic) bond motifs is 3. The van der Waals surface area contributed by atoms with Gasteiger partial charge in [0.1, 0.15) is 18.1 Å². The number of hydrogen-bond donors (Lipinski definition) is 3. The molecule has 2 heterocycles. The van der Waals surface area contributed by atoms with Crippen LogP contribution in [0.3, 0.4) is 0 Å². The zero-order valence-corrected chi connectivity index (χ0v) is 25.2. The lowest BCUT2D eigenvalue weighted by atomic mass is 9.33. The predicted octanol–water partition coefficient (Wildman–Crippen LogP) is 3.91. The minimum Gasteiger partial charge on any atom is -0.329 e. The number of carbonyl (C=O) groups is 4. The number of rotatable bonds is 10. The Labute approximate surface area is 256 Å². The summed E-state index contributed by atoms with van der Waals surface area (Å²) in [6.45, 7) is 2.53. The van der Waals surface area contributed by atoms with Crippen LogP contribution in [0.25, 0.3) is 0 Å². The van der Waals surface area contributed by atoms with Crippen LogP contribution < -0.4 is 16.0 Å². The molecule has 44 heavy (non-hydrogen) atoms. The summed E-state index contributed by atoms with van der Waals surface area (Å²) in [6, 6.07) is 17.6. The van der Waals surface area contributed by atoms with Crippen molar-refractivity contribution in [3.8, 4) is 0 Å². The number of hydrogen-bond acceptors (Lipinski definition) is 6. The Balaban J connectivity index is 1.08. The van der Waals surface area contributed by atoms with Gasteiger partial charge in [0, 0.05) is 37.0 Å². The van der Waals surface area contributed by atoms with E-state index >= 15 is 0 Å². The van der Waals surface area contributed by atoms with Crippen molar-refractivity contribution in [3.63, 3.8) is 0 Å². The lowest BCUT2D eigenvalue weighted by molar-refractivity contribution is -0.218. The number of amides is 3. The molecule has 3 saturated carbocycles. The summed E-state index contributed by atoms with van der Waals surface area (Å²) in [4.78, 5) is 58.4. The first kappa shape index (κ1) is 28.4. The number of anilines is 2. The van der Waals surface area contributed by atoms with Crippen molar-refractivity contribution < 1.29 is 19.2 Å². The number of aromatic nitrogens is 1. The summed E-state index contributed by atoms with van der Waals surface area (Å²) in [5.41, 5.74) is 4.56. The fourth-order valence-corrected chi connectivity index (χ4v) is 8.47. The van der Waals surface area contributed by atoms with Crippen LogP contribution in [0.4, 0.5) is 11.5 Å². The van der Waals surface area contributed by atoms with Crippen LogP contribution in [0.15, 0.2) is 60.8 Å². The van der Waals surface area contributed by atoms with Crippen LogP contribution >= 0.6 is 0 Å². The van der Waals surface area contributed by atoms with Crippen molar-refractivity contribution in [2.75, 3.05) is 24.2 Å². The van der Waals surface area contributed by atoms with Gasteiger partial charge in [-0.1, -0.05) is 36.4 Å². The number of benzene rings is 2. The molecule has 2 bridgehead atoms. The van der Waals surface area contributed by atoms with Crippen molar-refractivity contribution in [3.05, 3.63) is 88.6 Å². The predicted molar refractivity (Wildman–Crippen MR) is 166 cm³/mol. The molecular weight excluding hydrogens is 554 g/mol. The maximum atomic E-state index is 14.0. The molecule has 2 aromatic carbocycles. The van der Waals surface area contributed by atoms with Crippen molar-refractivity contribution in [1.29, 1.82) is 0 Å². The van der Waals surface area contributed by atoms with Gasteiger partial charge >= 0.3 is 0 Å². The van der Waals surface area contributed by atoms with Crippen LogP contribution in [0.1, 0.15) is 60.4 Å². The van der Waals surface area contributed by atoms with Gasteiger partial charge in [-0.2, -0.15) is 0 Å². The minimum atomic E-state index is -0.680. The Morgan fingerprint density at radius 2 is 1.73 bits per heavy atom. The molecule has 226 valence electrons. The Morgan fingerprint density at radius 3 is 2.48 bits per heavy atom. The van der Waals surface area contributed by atoms with Crippen LogP contribution in [0.5, 0.6) is 0 Å². The molecule has 0 radical (unpaired) electrons. The molecule has 9 nitrogen and oxygen atoms in total. The molecule has 1 spiro atoms. The third-order valence-corrected chi connectivity index (χ3v) is 10.2. The Bertz CT molecular complexity index is 1700. The lowest BCUT2D eigenvalue weighted by Gasteiger charge is -2.70. The molecule has 1 atom stereocenters. The number of carbonyl (C=O) groups excluding carboxylic acids is 4. The molecule has 0 unspecified atom stereocenters. The van der Waals surface area contributed by atoms with Crippen LogP contribution in [0, 0.1) is 10.8 Å². The van der Waals surface area contributed by atoms with Gasteiger partial charge in [-0.15, -0.1) is 0 Å². The van der Waals surface area contributed by atoms with E-state index in [1.165, 1.54) is 0 Å². The normalized spacial score (nSPS) is 25.4. The van der Waals surface area contributed by atoms with Crippen molar-refractivity contribution in [2.45, 2.75) is 64.0 Å². The van der Waals surface area contributed by atoms with E-state index in [0.29, 0.717) is 63.1 Å². The van der Waals surface area contributed by atoms with E-state index in [1.54, 1.807) is 18.0 Å². The summed E-state index contributed by atoms with van der Waals surface area (Å²) in [5, 5.41) is 9.14. The van der Waals surface area contributed by atoms with E-state index in [1.807, 2.05) is 61.6 Å². The van der Waals surface area contributed by atoms with E-state index in [-0.39, 0.29) is 35.5 Å². The first-order valence-corrected chi connectivity index (χ1v) is 15.3. The maximum absolute atomic E-state index is 14.0. The van der Waals surface area contributed by atoms with Gasteiger partial charge in [-0.3, -0.25) is 14.4 Å². The molecule has 3 fully saturated rings. The number of pyridine rings is 1. The van der Waals surface area contributed by atoms with Crippen LogP contribution in [0.2, 0.25) is 0 Å². The molecule has 0 saturated heterocycles. The first-order chi connectivity index (χ1) is 21.1. The summed E-state index contributed by atoms with van der Waals surface area (Å²) in [7, 11) is 1.89. The lowest BCUT2D eigenvalue weighted by Crippen LogP contribution is -2.68. The minimum absolute atomic E-state index is 0.00671. The number of ketones is 1. The van der Waals surface area contributed by atoms with Gasteiger partial charge in [-0.05, 0) is 91.9 Å². The monoisotopic (exact) mass is 591 g/mol. The standard InChI is InChI=1S/C35H37N5O4/c1-22(41)13-33-19-34(20-33,21-33)32(44)40(17-25-7-4-3-6-24(25)16-36-2)18-29(42)38-27-10-9-23-14-35(15-26(23)12-27)28-8-5-11-37-30(28)39-31(35)43/h3-12,36H,13-21H2,1-2H3,(H,38,42)(H,37,39,43)/t33?,34?,35-/m1/s1. The topological polar surface area (TPSA) is 120 Å². The van der Waals surface area contributed by atoms with Crippen molar-refractivity contribution >= 4 is 35.0 Å². The van der Waals surface area contributed by atoms with Gasteiger partial charge in [0.2, 0.25) is 17.7 Å². The molecule has 3 amide bonds.